The summed E-state index contributed by atoms with van der Waals surface area (Å²) in [5.41, 5.74) is 2.52. The first kappa shape index (κ1) is 34.8. The Morgan fingerprint density at radius 3 is 2.48 bits per heavy atom. The molecule has 44 heavy (non-hydrogen) atoms. The van der Waals surface area contributed by atoms with Gasteiger partial charge in [0.25, 0.3) is 11.7 Å². The number of rotatable bonds is 8. The van der Waals surface area contributed by atoms with E-state index in [0.29, 0.717) is 36.7 Å². The molecule has 1 atom stereocenters. The van der Waals surface area contributed by atoms with Gasteiger partial charge in [-0.2, -0.15) is 23.4 Å². The maximum atomic E-state index is 13.8. The van der Waals surface area contributed by atoms with E-state index in [2.05, 4.69) is 30.8 Å². The highest BCUT2D eigenvalue weighted by molar-refractivity contribution is 5.92. The summed E-state index contributed by atoms with van der Waals surface area (Å²) in [7, 11) is 1.63. The normalized spacial score (nSPS) is 17.2. The van der Waals surface area contributed by atoms with Crippen molar-refractivity contribution in [1.82, 2.24) is 40.0 Å². The van der Waals surface area contributed by atoms with Gasteiger partial charge in [0.15, 0.2) is 0 Å². The summed E-state index contributed by atoms with van der Waals surface area (Å²) in [5, 5.41) is 14.5. The summed E-state index contributed by atoms with van der Waals surface area (Å²) in [5.74, 6) is -2.54. The van der Waals surface area contributed by atoms with E-state index in [4.69, 9.17) is 4.74 Å². The molecule has 2 fully saturated rings. The standard InChI is InChI=1S/C22H29F2N7O2.C5H9NO.CHF3/c1-4-30-18(7-11-25-30)20(32)28-19(15-5-9-22(23,24)10-6-15)17-13-31-21(27-17)26-16(8-12-33-3)14(2)29-31;7-5-3-1-2-4-6-5;2-1(3)4/h7,11,13,15,19H,4-6,8-10,12H2,1-3H3,(H,28,32);1-4H2,(H,6,7);1H. The predicted molar refractivity (Wildman–Crippen MR) is 150 cm³/mol. The summed E-state index contributed by atoms with van der Waals surface area (Å²) < 4.78 is 65.0. The zero-order valence-electron chi connectivity index (χ0n) is 25.0. The third-order valence-electron chi connectivity index (χ3n) is 7.38. The fraction of sp³-hybridized carbons (Fsp3) is 0.643. The monoisotopic (exact) mass is 630 g/mol. The number of fused-ring (bicyclic) bond motifs is 1. The Morgan fingerprint density at radius 1 is 1.20 bits per heavy atom. The van der Waals surface area contributed by atoms with Crippen LogP contribution in [0.5, 0.6) is 0 Å². The number of aromatic nitrogens is 6. The molecule has 4 heterocycles. The van der Waals surface area contributed by atoms with Gasteiger partial charge in [-0.3, -0.25) is 14.3 Å². The van der Waals surface area contributed by atoms with Crippen LogP contribution in [0.25, 0.3) is 5.78 Å². The van der Waals surface area contributed by atoms with Crippen LogP contribution in [0.2, 0.25) is 0 Å². The fourth-order valence-electron chi connectivity index (χ4n) is 5.08. The second kappa shape index (κ2) is 16.4. The number of piperidine rings is 1. The van der Waals surface area contributed by atoms with Crippen molar-refractivity contribution in [2.24, 2.45) is 5.92 Å². The van der Waals surface area contributed by atoms with Gasteiger partial charge in [0.2, 0.25) is 11.8 Å². The molecule has 1 saturated heterocycles. The average Bonchev–Trinajstić information content (AvgIpc) is 3.62. The van der Waals surface area contributed by atoms with Gasteiger partial charge >= 0.3 is 6.68 Å². The van der Waals surface area contributed by atoms with Crippen LogP contribution in [-0.4, -0.2) is 74.0 Å². The lowest BCUT2D eigenvalue weighted by atomic mass is 9.81. The van der Waals surface area contributed by atoms with E-state index >= 15 is 0 Å². The molecule has 5 rings (SSSR count). The fourth-order valence-corrected chi connectivity index (χ4v) is 5.08. The predicted octanol–water partition coefficient (Wildman–Crippen LogP) is 4.60. The van der Waals surface area contributed by atoms with Crippen molar-refractivity contribution < 1.29 is 36.3 Å². The summed E-state index contributed by atoms with van der Waals surface area (Å²) >= 11 is 0. The number of imidazole rings is 1. The zero-order chi connectivity index (χ0) is 32.3. The molecular formula is C28H39F5N8O3. The van der Waals surface area contributed by atoms with Gasteiger partial charge in [0.05, 0.1) is 35.9 Å². The largest absolute Gasteiger partial charge is 0.384 e. The molecular weight excluding hydrogens is 591 g/mol. The Morgan fingerprint density at radius 2 is 1.91 bits per heavy atom. The SMILES string of the molecule is CCn1nccc1C(=O)NC(c1cn2nc(C)c(CCOC)nc2n1)C1CCC(F)(F)CC1.FC(F)F.O=C1CCCCN1. The van der Waals surface area contributed by atoms with Crippen molar-refractivity contribution in [3.05, 3.63) is 41.2 Å². The highest BCUT2D eigenvalue weighted by atomic mass is 19.4. The smallest absolute Gasteiger partial charge is 0.379 e. The van der Waals surface area contributed by atoms with Crippen LogP contribution in [0, 0.1) is 12.8 Å². The number of carbonyl (C=O) groups excluding carboxylic acids is 2. The first-order valence-corrected chi connectivity index (χ1v) is 14.5. The summed E-state index contributed by atoms with van der Waals surface area (Å²) in [4.78, 5) is 32.7. The van der Waals surface area contributed by atoms with Gasteiger partial charge in [-0.05, 0) is 51.5 Å². The molecule has 2 aliphatic rings. The van der Waals surface area contributed by atoms with E-state index in [1.54, 1.807) is 34.8 Å². The zero-order valence-corrected chi connectivity index (χ0v) is 25.0. The Hall–Kier alpha value is -3.69. The Bertz CT molecular complexity index is 1350. The minimum Gasteiger partial charge on any atom is -0.384 e. The molecule has 16 heteroatoms. The van der Waals surface area contributed by atoms with Crippen LogP contribution >= 0.6 is 0 Å². The Kier molecular flexibility index (Phi) is 13.0. The molecule has 1 saturated carbocycles. The van der Waals surface area contributed by atoms with Gasteiger partial charge in [-0.25, -0.2) is 23.3 Å². The molecule has 1 aliphatic heterocycles. The molecule has 3 aromatic heterocycles. The topological polar surface area (TPSA) is 128 Å². The number of nitrogens with one attached hydrogen (secondary N) is 2. The first-order chi connectivity index (χ1) is 20.9. The van der Waals surface area contributed by atoms with E-state index in [0.717, 1.165) is 37.2 Å². The van der Waals surface area contributed by atoms with Gasteiger partial charge in [0.1, 0.15) is 5.69 Å². The third-order valence-corrected chi connectivity index (χ3v) is 7.38. The Balaban J connectivity index is 0.000000407. The Labute approximate surface area is 252 Å². The highest BCUT2D eigenvalue weighted by Crippen LogP contribution is 2.41. The molecule has 244 valence electrons. The lowest BCUT2D eigenvalue weighted by Gasteiger charge is -2.33. The van der Waals surface area contributed by atoms with Crippen LogP contribution in [0.4, 0.5) is 22.0 Å². The van der Waals surface area contributed by atoms with E-state index < -0.39 is 18.6 Å². The molecule has 0 spiro atoms. The number of aryl methyl sites for hydroxylation is 2. The lowest BCUT2D eigenvalue weighted by Crippen LogP contribution is -2.38. The van der Waals surface area contributed by atoms with E-state index in [1.807, 2.05) is 13.8 Å². The number of alkyl halides is 5. The van der Waals surface area contributed by atoms with Crippen molar-refractivity contribution in [3.63, 3.8) is 0 Å². The molecule has 2 amide bonds. The maximum Gasteiger partial charge on any atom is 0.379 e. The summed E-state index contributed by atoms with van der Waals surface area (Å²) in [6, 6.07) is 1.10. The van der Waals surface area contributed by atoms with Crippen LogP contribution < -0.4 is 10.6 Å². The third kappa shape index (κ3) is 10.2. The number of hydrogen-bond acceptors (Lipinski definition) is 7. The molecule has 0 radical (unpaired) electrons. The van der Waals surface area contributed by atoms with Crippen molar-refractivity contribution in [2.45, 2.75) is 90.4 Å². The van der Waals surface area contributed by atoms with Crippen molar-refractivity contribution in [3.8, 4) is 0 Å². The number of amides is 2. The second-order valence-corrected chi connectivity index (χ2v) is 10.5. The molecule has 0 bridgehead atoms. The lowest BCUT2D eigenvalue weighted by molar-refractivity contribution is -0.122. The van der Waals surface area contributed by atoms with Crippen LogP contribution in [-0.2, 0) is 22.5 Å². The van der Waals surface area contributed by atoms with E-state index in [9.17, 15) is 31.5 Å². The summed E-state index contributed by atoms with van der Waals surface area (Å²) in [6.45, 7) is 2.04. The van der Waals surface area contributed by atoms with E-state index in [1.165, 1.54) is 0 Å². The molecule has 1 unspecified atom stereocenters. The minimum atomic E-state index is -3.67. The number of nitrogens with zero attached hydrogens (tertiary/aromatic N) is 6. The number of ether oxygens (including phenoxy) is 1. The second-order valence-electron chi connectivity index (χ2n) is 10.5. The number of hydrogen-bond donors (Lipinski definition) is 2. The van der Waals surface area contributed by atoms with Crippen molar-refractivity contribution >= 4 is 17.6 Å². The van der Waals surface area contributed by atoms with Gasteiger partial charge in [-0.1, -0.05) is 0 Å². The molecule has 0 aromatic carbocycles. The van der Waals surface area contributed by atoms with Crippen LogP contribution in [0.1, 0.15) is 85.5 Å². The van der Waals surface area contributed by atoms with Gasteiger partial charge in [-0.15, -0.1) is 0 Å². The number of carbonyl (C=O) groups is 2. The van der Waals surface area contributed by atoms with Gasteiger partial charge < -0.3 is 15.4 Å². The molecule has 1 aliphatic carbocycles. The van der Waals surface area contributed by atoms with Crippen molar-refractivity contribution in [1.29, 1.82) is 0 Å². The van der Waals surface area contributed by atoms with E-state index in [-0.39, 0.29) is 43.4 Å². The first-order valence-electron chi connectivity index (χ1n) is 14.5. The quantitative estimate of drug-likeness (QED) is 0.348. The van der Waals surface area contributed by atoms with Crippen molar-refractivity contribution in [2.75, 3.05) is 20.3 Å². The van der Waals surface area contributed by atoms with Crippen LogP contribution in [0.15, 0.2) is 18.5 Å². The number of methoxy groups -OCH3 is 1. The summed E-state index contributed by atoms with van der Waals surface area (Å²) in [6.07, 6.45) is 7.03. The minimum absolute atomic E-state index is 0.175. The maximum absolute atomic E-state index is 13.8. The molecule has 11 nitrogen and oxygen atoms in total. The number of halogens is 5. The molecule has 2 N–H and O–H groups in total. The molecule has 3 aromatic rings. The average molecular weight is 631 g/mol. The van der Waals surface area contributed by atoms with Crippen LogP contribution in [0.3, 0.4) is 0 Å². The highest BCUT2D eigenvalue weighted by Gasteiger charge is 2.39. The van der Waals surface area contributed by atoms with Gasteiger partial charge in [0, 0.05) is 52.1 Å².